The molecule has 0 aromatic heterocycles. The van der Waals surface area contributed by atoms with Gasteiger partial charge in [-0.25, -0.2) is 4.79 Å². The zero-order valence-electron chi connectivity index (χ0n) is 13.0. The van der Waals surface area contributed by atoms with Crippen molar-refractivity contribution in [3.8, 4) is 5.75 Å². The number of carbonyl (C=O) groups is 3. The molecule has 1 fully saturated rings. The van der Waals surface area contributed by atoms with Crippen molar-refractivity contribution in [1.82, 2.24) is 0 Å². The zero-order chi connectivity index (χ0) is 16.6. The van der Waals surface area contributed by atoms with Crippen LogP contribution in [0.1, 0.15) is 26.7 Å². The van der Waals surface area contributed by atoms with Crippen LogP contribution in [0.4, 0.5) is 11.4 Å². The molecule has 3 rings (SSSR count). The summed E-state index contributed by atoms with van der Waals surface area (Å²) in [5, 5.41) is 5.43. The van der Waals surface area contributed by atoms with E-state index in [1.807, 2.05) is 0 Å². The van der Waals surface area contributed by atoms with Crippen LogP contribution < -0.4 is 15.4 Å². The molecule has 1 aromatic carbocycles. The van der Waals surface area contributed by atoms with Crippen molar-refractivity contribution in [2.45, 2.75) is 32.3 Å². The smallest absolute Gasteiger partial charge is 0.360 e. The average Bonchev–Trinajstić information content (AvgIpc) is 3.33. The standard InChI is InChI=1S/C16H18N2O5/c1-3-22-15(21)16(2)14(20)18-11-7-6-10(8-12(11)23-16)17-13(19)9-4-5-9/h6-9H,3-5H2,1-2H3,(H,17,19)(H,18,20). The number of nitrogens with one attached hydrogen (secondary N) is 2. The summed E-state index contributed by atoms with van der Waals surface area (Å²) in [6, 6.07) is 4.89. The van der Waals surface area contributed by atoms with Crippen LogP contribution in [0.2, 0.25) is 0 Å². The first-order chi connectivity index (χ1) is 10.9. The quantitative estimate of drug-likeness (QED) is 0.651. The van der Waals surface area contributed by atoms with Gasteiger partial charge in [-0.1, -0.05) is 0 Å². The lowest BCUT2D eigenvalue weighted by Crippen LogP contribution is -2.55. The maximum Gasteiger partial charge on any atom is 0.360 e. The Labute approximate surface area is 133 Å². The lowest BCUT2D eigenvalue weighted by atomic mass is 10.0. The van der Waals surface area contributed by atoms with Crippen molar-refractivity contribution in [2.75, 3.05) is 17.2 Å². The molecule has 1 heterocycles. The summed E-state index contributed by atoms with van der Waals surface area (Å²) in [5.41, 5.74) is -0.744. The van der Waals surface area contributed by atoms with Gasteiger partial charge in [-0.2, -0.15) is 0 Å². The molecule has 1 aliphatic carbocycles. The molecule has 0 radical (unpaired) electrons. The number of carbonyl (C=O) groups excluding carboxylic acids is 3. The Morgan fingerprint density at radius 2 is 2.17 bits per heavy atom. The molecule has 1 atom stereocenters. The second kappa shape index (κ2) is 5.57. The Balaban J connectivity index is 1.83. The van der Waals surface area contributed by atoms with Crippen molar-refractivity contribution in [3.63, 3.8) is 0 Å². The molecule has 1 aliphatic heterocycles. The number of benzene rings is 1. The van der Waals surface area contributed by atoms with Crippen molar-refractivity contribution in [3.05, 3.63) is 18.2 Å². The summed E-state index contributed by atoms with van der Waals surface area (Å²) in [7, 11) is 0. The number of anilines is 2. The van der Waals surface area contributed by atoms with Crippen molar-refractivity contribution < 1.29 is 23.9 Å². The largest absolute Gasteiger partial charge is 0.464 e. The van der Waals surface area contributed by atoms with Crippen molar-refractivity contribution in [1.29, 1.82) is 0 Å². The van der Waals surface area contributed by atoms with Gasteiger partial charge in [0.25, 0.3) is 11.5 Å². The van der Waals surface area contributed by atoms with Gasteiger partial charge in [0.15, 0.2) is 0 Å². The van der Waals surface area contributed by atoms with Crippen molar-refractivity contribution >= 4 is 29.2 Å². The number of ether oxygens (including phenoxy) is 2. The molecule has 7 heteroatoms. The fraction of sp³-hybridized carbons (Fsp3) is 0.438. The SMILES string of the molecule is CCOC(=O)C1(C)Oc2cc(NC(=O)C3CC3)ccc2NC1=O. The third kappa shape index (κ3) is 2.86. The van der Waals surface area contributed by atoms with E-state index in [2.05, 4.69) is 10.6 Å². The summed E-state index contributed by atoms with van der Waals surface area (Å²) in [4.78, 5) is 36.0. The first kappa shape index (κ1) is 15.3. The second-order valence-corrected chi connectivity index (χ2v) is 5.78. The van der Waals surface area contributed by atoms with Gasteiger partial charge in [0.1, 0.15) is 5.75 Å². The first-order valence-corrected chi connectivity index (χ1v) is 7.56. The van der Waals surface area contributed by atoms with Gasteiger partial charge in [0.05, 0.1) is 12.3 Å². The highest BCUT2D eigenvalue weighted by Crippen LogP contribution is 2.37. The number of rotatable bonds is 4. The van der Waals surface area contributed by atoms with Gasteiger partial charge in [-0.15, -0.1) is 0 Å². The maximum absolute atomic E-state index is 12.1. The van der Waals surface area contributed by atoms with E-state index in [0.717, 1.165) is 12.8 Å². The summed E-state index contributed by atoms with van der Waals surface area (Å²) in [6.45, 7) is 3.16. The highest BCUT2D eigenvalue weighted by atomic mass is 16.6. The number of amides is 2. The fourth-order valence-electron chi connectivity index (χ4n) is 2.29. The molecule has 1 unspecified atom stereocenters. The predicted octanol–water partition coefficient (Wildman–Crippen LogP) is 1.69. The van der Waals surface area contributed by atoms with Crippen LogP contribution in [-0.2, 0) is 19.1 Å². The van der Waals surface area contributed by atoms with Gasteiger partial charge in [-0.05, 0) is 38.8 Å². The summed E-state index contributed by atoms with van der Waals surface area (Å²) in [6.07, 6.45) is 1.81. The first-order valence-electron chi connectivity index (χ1n) is 7.56. The van der Waals surface area contributed by atoms with Crippen LogP contribution >= 0.6 is 0 Å². The minimum absolute atomic E-state index is 0.0297. The number of esters is 1. The highest BCUT2D eigenvalue weighted by Gasteiger charge is 2.48. The topological polar surface area (TPSA) is 93.7 Å². The molecule has 2 N–H and O–H groups in total. The van der Waals surface area contributed by atoms with Gasteiger partial charge < -0.3 is 20.1 Å². The molecular weight excluding hydrogens is 300 g/mol. The van der Waals surface area contributed by atoms with Crippen molar-refractivity contribution in [2.24, 2.45) is 5.92 Å². The van der Waals surface area contributed by atoms with Gasteiger partial charge in [0.2, 0.25) is 5.91 Å². The Morgan fingerprint density at radius 3 is 2.83 bits per heavy atom. The number of hydrogen-bond donors (Lipinski definition) is 2. The third-order valence-corrected chi connectivity index (χ3v) is 3.86. The molecular formula is C16H18N2O5. The van der Waals surface area contributed by atoms with Crippen LogP contribution in [0, 0.1) is 5.92 Å². The summed E-state index contributed by atoms with van der Waals surface area (Å²) >= 11 is 0. The number of fused-ring (bicyclic) bond motifs is 1. The minimum atomic E-state index is -1.75. The van der Waals surface area contributed by atoms with Gasteiger partial charge in [-0.3, -0.25) is 9.59 Å². The fourth-order valence-corrected chi connectivity index (χ4v) is 2.29. The van der Waals surface area contributed by atoms with E-state index < -0.39 is 17.5 Å². The number of hydrogen-bond acceptors (Lipinski definition) is 5. The Kier molecular flexibility index (Phi) is 3.71. The van der Waals surface area contributed by atoms with E-state index in [0.29, 0.717) is 17.1 Å². The Bertz CT molecular complexity index is 683. The lowest BCUT2D eigenvalue weighted by molar-refractivity contribution is -0.165. The van der Waals surface area contributed by atoms with E-state index >= 15 is 0 Å². The molecule has 2 aliphatic rings. The lowest BCUT2D eigenvalue weighted by Gasteiger charge is -2.32. The minimum Gasteiger partial charge on any atom is -0.464 e. The Morgan fingerprint density at radius 1 is 1.43 bits per heavy atom. The van der Waals surface area contributed by atoms with Crippen LogP contribution in [0.3, 0.4) is 0 Å². The average molecular weight is 318 g/mol. The van der Waals surface area contributed by atoms with E-state index in [4.69, 9.17) is 9.47 Å². The third-order valence-electron chi connectivity index (χ3n) is 3.86. The molecule has 1 aromatic rings. The molecule has 0 bridgehead atoms. The molecule has 1 saturated carbocycles. The maximum atomic E-state index is 12.1. The Hall–Kier alpha value is -2.57. The molecule has 7 nitrogen and oxygen atoms in total. The predicted molar refractivity (Wildman–Crippen MR) is 82.1 cm³/mol. The molecule has 23 heavy (non-hydrogen) atoms. The molecule has 0 spiro atoms. The zero-order valence-corrected chi connectivity index (χ0v) is 13.0. The van der Waals surface area contributed by atoms with E-state index in [1.54, 1.807) is 25.1 Å². The normalized spacial score (nSPS) is 22.4. The second-order valence-electron chi connectivity index (χ2n) is 5.78. The highest BCUT2D eigenvalue weighted by molar-refractivity contribution is 6.14. The molecule has 0 saturated heterocycles. The van der Waals surface area contributed by atoms with Gasteiger partial charge in [0, 0.05) is 17.7 Å². The van der Waals surface area contributed by atoms with Crippen LogP contribution in [0.15, 0.2) is 18.2 Å². The van der Waals surface area contributed by atoms with E-state index in [9.17, 15) is 14.4 Å². The molecule has 2 amide bonds. The summed E-state index contributed by atoms with van der Waals surface area (Å²) < 4.78 is 10.5. The molecule has 122 valence electrons. The van der Waals surface area contributed by atoms with Crippen LogP contribution in [0.5, 0.6) is 5.75 Å². The summed E-state index contributed by atoms with van der Waals surface area (Å²) in [5.74, 6) is -0.975. The van der Waals surface area contributed by atoms with Gasteiger partial charge >= 0.3 is 5.97 Å². The van der Waals surface area contributed by atoms with Crippen LogP contribution in [-0.4, -0.2) is 30.0 Å². The monoisotopic (exact) mass is 318 g/mol. The van der Waals surface area contributed by atoms with E-state index in [-0.39, 0.29) is 18.4 Å². The van der Waals surface area contributed by atoms with Crippen LogP contribution in [0.25, 0.3) is 0 Å². The van der Waals surface area contributed by atoms with E-state index in [1.165, 1.54) is 6.92 Å².